The molecule has 2 nitrogen and oxygen atoms in total. The Morgan fingerprint density at radius 2 is 1.85 bits per heavy atom. The minimum Gasteiger partial charge on any atom is -0.497 e. The monoisotopic (exact) mass is 398 g/mol. The third-order valence-electron chi connectivity index (χ3n) is 2.97. The molecule has 0 N–H and O–H groups in total. The number of halogens is 2. The summed E-state index contributed by atoms with van der Waals surface area (Å²) < 4.78 is 12.2. The van der Waals surface area contributed by atoms with Crippen LogP contribution in [0.4, 0.5) is 0 Å². The summed E-state index contributed by atoms with van der Waals surface area (Å²) in [6.45, 7) is 0.585. The van der Waals surface area contributed by atoms with E-state index >= 15 is 0 Å². The molecule has 20 heavy (non-hydrogen) atoms. The van der Waals surface area contributed by atoms with Crippen LogP contribution in [0.15, 0.2) is 53.0 Å². The van der Waals surface area contributed by atoms with Crippen LogP contribution in [0.1, 0.15) is 17.2 Å². The largest absolute Gasteiger partial charge is 0.497 e. The molecule has 2 rings (SSSR count). The average molecular weight is 400 g/mol. The fraction of sp³-hybridized carbons (Fsp3) is 0.250. The van der Waals surface area contributed by atoms with Crippen LogP contribution >= 0.6 is 31.9 Å². The van der Waals surface area contributed by atoms with E-state index in [1.165, 1.54) is 0 Å². The predicted octanol–water partition coefficient (Wildman–Crippen LogP) is 5.11. The van der Waals surface area contributed by atoms with Gasteiger partial charge in [-0.1, -0.05) is 56.1 Å². The molecule has 4 heteroatoms. The lowest BCUT2D eigenvalue weighted by atomic mass is 10.1. The number of benzene rings is 2. The maximum absolute atomic E-state index is 5.98. The molecule has 2 aromatic rings. The Bertz CT molecular complexity index is 540. The molecule has 2 aromatic carbocycles. The molecule has 0 radical (unpaired) electrons. The second-order valence-electron chi connectivity index (χ2n) is 4.36. The molecule has 0 fully saturated rings. The van der Waals surface area contributed by atoms with E-state index in [-0.39, 0.29) is 6.10 Å². The van der Waals surface area contributed by atoms with Gasteiger partial charge in [-0.05, 0) is 35.4 Å². The highest BCUT2D eigenvalue weighted by molar-refractivity contribution is 9.10. The predicted molar refractivity (Wildman–Crippen MR) is 88.5 cm³/mol. The molecule has 0 spiro atoms. The van der Waals surface area contributed by atoms with E-state index in [1.807, 2.05) is 36.4 Å². The Hall–Kier alpha value is -0.840. The molecule has 0 bridgehead atoms. The number of ether oxygens (including phenoxy) is 2. The molecule has 0 aliphatic rings. The van der Waals surface area contributed by atoms with E-state index in [0.29, 0.717) is 6.61 Å². The van der Waals surface area contributed by atoms with Crippen molar-refractivity contribution in [1.82, 2.24) is 0 Å². The Labute approximate surface area is 136 Å². The highest BCUT2D eigenvalue weighted by Gasteiger charge is 2.11. The minimum atomic E-state index is 0.0277. The van der Waals surface area contributed by atoms with Gasteiger partial charge < -0.3 is 9.47 Å². The first-order valence-corrected chi connectivity index (χ1v) is 8.20. The summed E-state index contributed by atoms with van der Waals surface area (Å²) in [4.78, 5) is 0. The first-order valence-electron chi connectivity index (χ1n) is 6.29. The zero-order valence-electron chi connectivity index (χ0n) is 11.2. The average Bonchev–Trinajstić information content (AvgIpc) is 2.48. The van der Waals surface area contributed by atoms with Gasteiger partial charge in [-0.3, -0.25) is 0 Å². The Balaban J connectivity index is 2.01. The van der Waals surface area contributed by atoms with Gasteiger partial charge in [0.2, 0.25) is 0 Å². The van der Waals surface area contributed by atoms with Crippen LogP contribution in [0.3, 0.4) is 0 Å². The van der Waals surface area contributed by atoms with Gasteiger partial charge in [-0.25, -0.2) is 0 Å². The van der Waals surface area contributed by atoms with Crippen molar-refractivity contribution in [3.05, 3.63) is 64.1 Å². The van der Waals surface area contributed by atoms with Crippen molar-refractivity contribution >= 4 is 31.9 Å². The first kappa shape index (κ1) is 15.5. The lowest BCUT2D eigenvalue weighted by molar-refractivity contribution is 0.0565. The fourth-order valence-electron chi connectivity index (χ4n) is 1.87. The van der Waals surface area contributed by atoms with E-state index in [4.69, 9.17) is 9.47 Å². The standard InChI is InChI=1S/C16H16Br2O2/c1-19-15-7-5-13(6-8-15)16(10-17)20-11-12-3-2-4-14(18)9-12/h2-9,16H,10-11H2,1H3. The van der Waals surface area contributed by atoms with E-state index in [2.05, 4.69) is 44.0 Å². The van der Waals surface area contributed by atoms with Gasteiger partial charge in [0.25, 0.3) is 0 Å². The molecule has 0 aromatic heterocycles. The van der Waals surface area contributed by atoms with Crippen LogP contribution in [-0.4, -0.2) is 12.4 Å². The van der Waals surface area contributed by atoms with Crippen LogP contribution in [0, 0.1) is 0 Å². The van der Waals surface area contributed by atoms with Crippen molar-refractivity contribution in [3.8, 4) is 5.75 Å². The molecule has 0 saturated carbocycles. The molecule has 1 atom stereocenters. The number of hydrogen-bond acceptors (Lipinski definition) is 2. The zero-order valence-corrected chi connectivity index (χ0v) is 14.4. The first-order chi connectivity index (χ1) is 9.72. The van der Waals surface area contributed by atoms with Gasteiger partial charge in [-0.15, -0.1) is 0 Å². The minimum absolute atomic E-state index is 0.0277. The molecule has 0 aliphatic carbocycles. The molecule has 0 saturated heterocycles. The van der Waals surface area contributed by atoms with Crippen LogP contribution in [0.5, 0.6) is 5.75 Å². The van der Waals surface area contributed by atoms with Crippen molar-refractivity contribution in [2.45, 2.75) is 12.7 Å². The van der Waals surface area contributed by atoms with E-state index in [1.54, 1.807) is 7.11 Å². The summed E-state index contributed by atoms with van der Waals surface area (Å²) in [5.41, 5.74) is 2.29. The molecule has 0 aliphatic heterocycles. The van der Waals surface area contributed by atoms with Gasteiger partial charge in [-0.2, -0.15) is 0 Å². The second-order valence-corrected chi connectivity index (χ2v) is 5.92. The number of hydrogen-bond donors (Lipinski definition) is 0. The third kappa shape index (κ3) is 4.33. The van der Waals surface area contributed by atoms with Crippen LogP contribution in [-0.2, 0) is 11.3 Å². The maximum atomic E-state index is 5.98. The quantitative estimate of drug-likeness (QED) is 0.628. The summed E-state index contributed by atoms with van der Waals surface area (Å²) in [7, 11) is 1.67. The topological polar surface area (TPSA) is 18.5 Å². The second kappa shape index (κ2) is 7.81. The lowest BCUT2D eigenvalue weighted by Gasteiger charge is -2.16. The lowest BCUT2D eigenvalue weighted by Crippen LogP contribution is -2.06. The zero-order chi connectivity index (χ0) is 14.4. The number of alkyl halides is 1. The summed E-state index contributed by atoms with van der Waals surface area (Å²) in [5, 5.41) is 0.757. The summed E-state index contributed by atoms with van der Waals surface area (Å²) in [5.74, 6) is 0.856. The van der Waals surface area contributed by atoms with Crippen LogP contribution in [0.2, 0.25) is 0 Å². The maximum Gasteiger partial charge on any atom is 0.118 e. The Morgan fingerprint density at radius 1 is 1.10 bits per heavy atom. The third-order valence-corrected chi connectivity index (χ3v) is 4.05. The van der Waals surface area contributed by atoms with Crippen molar-refractivity contribution in [3.63, 3.8) is 0 Å². The summed E-state index contributed by atoms with van der Waals surface area (Å²) >= 11 is 6.98. The van der Waals surface area contributed by atoms with Crippen LogP contribution < -0.4 is 4.74 Å². The summed E-state index contributed by atoms with van der Waals surface area (Å²) in [6, 6.07) is 16.1. The Kier molecular flexibility index (Phi) is 6.07. The molecular formula is C16H16Br2O2. The summed E-state index contributed by atoms with van der Waals surface area (Å²) in [6.07, 6.45) is 0.0277. The van der Waals surface area contributed by atoms with Gasteiger partial charge >= 0.3 is 0 Å². The molecule has 1 unspecified atom stereocenters. The van der Waals surface area contributed by atoms with Gasteiger partial charge in [0, 0.05) is 9.80 Å². The van der Waals surface area contributed by atoms with E-state index in [9.17, 15) is 0 Å². The van der Waals surface area contributed by atoms with Gasteiger partial charge in [0.15, 0.2) is 0 Å². The highest BCUT2D eigenvalue weighted by atomic mass is 79.9. The smallest absolute Gasteiger partial charge is 0.118 e. The Morgan fingerprint density at radius 3 is 2.45 bits per heavy atom. The van der Waals surface area contributed by atoms with Crippen molar-refractivity contribution in [2.24, 2.45) is 0 Å². The highest BCUT2D eigenvalue weighted by Crippen LogP contribution is 2.24. The fourth-order valence-corrected chi connectivity index (χ4v) is 2.88. The van der Waals surface area contributed by atoms with Crippen molar-refractivity contribution < 1.29 is 9.47 Å². The van der Waals surface area contributed by atoms with Crippen LogP contribution in [0.25, 0.3) is 0 Å². The number of rotatable bonds is 6. The molecule has 106 valence electrons. The SMILES string of the molecule is COc1ccc(C(CBr)OCc2cccc(Br)c2)cc1. The van der Waals surface area contributed by atoms with E-state index < -0.39 is 0 Å². The normalized spacial score (nSPS) is 12.2. The van der Waals surface area contributed by atoms with Gasteiger partial charge in [0.05, 0.1) is 19.8 Å². The van der Waals surface area contributed by atoms with Crippen molar-refractivity contribution in [2.75, 3.05) is 12.4 Å². The van der Waals surface area contributed by atoms with Gasteiger partial charge in [0.1, 0.15) is 5.75 Å². The van der Waals surface area contributed by atoms with Crippen molar-refractivity contribution in [1.29, 1.82) is 0 Å². The van der Waals surface area contributed by atoms with E-state index in [0.717, 1.165) is 26.7 Å². The molecule has 0 heterocycles. The number of methoxy groups -OCH3 is 1. The molecule has 0 amide bonds. The molecular weight excluding hydrogens is 384 g/mol.